The molecule has 4 nitrogen and oxygen atoms in total. The van der Waals surface area contributed by atoms with E-state index < -0.39 is 0 Å². The Kier molecular flexibility index (Phi) is 4.49. The lowest BCUT2D eigenvalue weighted by Gasteiger charge is -2.05. The van der Waals surface area contributed by atoms with Gasteiger partial charge in [-0.05, 0) is 6.54 Å². The molecular weight excluding hydrogens is 164 g/mol. The van der Waals surface area contributed by atoms with Crippen LogP contribution in [0.4, 0.5) is 0 Å². The van der Waals surface area contributed by atoms with E-state index in [-0.39, 0.29) is 0 Å². The molecule has 1 aromatic rings. The first kappa shape index (κ1) is 10.2. The molecule has 0 unspecified atom stereocenters. The van der Waals surface area contributed by atoms with Crippen molar-refractivity contribution in [3.05, 3.63) is 18.2 Å². The number of rotatable bonds is 6. The zero-order valence-electron chi connectivity index (χ0n) is 8.38. The molecule has 0 saturated heterocycles. The van der Waals surface area contributed by atoms with Crippen LogP contribution in [0.15, 0.2) is 12.5 Å². The van der Waals surface area contributed by atoms with Crippen LogP contribution in [0.3, 0.4) is 0 Å². The van der Waals surface area contributed by atoms with Gasteiger partial charge in [0.25, 0.3) is 0 Å². The third-order valence-electron chi connectivity index (χ3n) is 1.95. The summed E-state index contributed by atoms with van der Waals surface area (Å²) < 4.78 is 2.03. The maximum absolute atomic E-state index is 4.04. The van der Waals surface area contributed by atoms with Crippen molar-refractivity contribution in [2.24, 2.45) is 7.05 Å². The van der Waals surface area contributed by atoms with Crippen molar-refractivity contribution in [3.63, 3.8) is 0 Å². The predicted octanol–water partition coefficient (Wildman–Crippen LogP) is 0.119. The van der Waals surface area contributed by atoms with Crippen LogP contribution in [-0.2, 0) is 13.6 Å². The second-order valence-corrected chi connectivity index (χ2v) is 3.03. The normalized spacial score (nSPS) is 10.6. The van der Waals surface area contributed by atoms with Crippen molar-refractivity contribution >= 4 is 0 Å². The summed E-state index contributed by atoms with van der Waals surface area (Å²) in [6.45, 7) is 6.06. The summed E-state index contributed by atoms with van der Waals surface area (Å²) in [6.07, 6.45) is 3.71. The van der Waals surface area contributed by atoms with E-state index in [0.717, 1.165) is 26.2 Å². The highest BCUT2D eigenvalue weighted by atomic mass is 15.0. The first-order chi connectivity index (χ1) is 6.34. The monoisotopic (exact) mass is 182 g/mol. The van der Waals surface area contributed by atoms with E-state index in [4.69, 9.17) is 0 Å². The fourth-order valence-corrected chi connectivity index (χ4v) is 1.12. The van der Waals surface area contributed by atoms with Crippen LogP contribution < -0.4 is 10.6 Å². The molecule has 0 bridgehead atoms. The van der Waals surface area contributed by atoms with Gasteiger partial charge in [-0.15, -0.1) is 0 Å². The Morgan fingerprint density at radius 1 is 1.38 bits per heavy atom. The average molecular weight is 182 g/mol. The van der Waals surface area contributed by atoms with Crippen molar-refractivity contribution < 1.29 is 0 Å². The van der Waals surface area contributed by atoms with Crippen LogP contribution in [0, 0.1) is 0 Å². The zero-order chi connectivity index (χ0) is 9.52. The van der Waals surface area contributed by atoms with Gasteiger partial charge in [0.2, 0.25) is 0 Å². The van der Waals surface area contributed by atoms with Gasteiger partial charge in [-0.2, -0.15) is 0 Å². The molecule has 13 heavy (non-hydrogen) atoms. The molecule has 1 heterocycles. The number of nitrogens with one attached hydrogen (secondary N) is 2. The maximum atomic E-state index is 4.04. The summed E-state index contributed by atoms with van der Waals surface area (Å²) in [5.41, 5.74) is 1.22. The number of imidazole rings is 1. The largest absolute Gasteiger partial charge is 0.337 e. The Morgan fingerprint density at radius 3 is 2.77 bits per heavy atom. The third kappa shape index (κ3) is 3.57. The molecule has 0 atom stereocenters. The fourth-order valence-electron chi connectivity index (χ4n) is 1.12. The molecule has 74 valence electrons. The van der Waals surface area contributed by atoms with E-state index >= 15 is 0 Å². The molecular formula is C9H18N4. The fraction of sp³-hybridized carbons (Fsp3) is 0.667. The van der Waals surface area contributed by atoms with Crippen LogP contribution >= 0.6 is 0 Å². The molecule has 0 aliphatic rings. The minimum atomic E-state index is 0.891. The molecule has 0 aliphatic heterocycles. The molecule has 0 radical (unpaired) electrons. The number of nitrogens with zero attached hydrogens (tertiary/aromatic N) is 2. The molecule has 1 aromatic heterocycles. The lowest BCUT2D eigenvalue weighted by Crippen LogP contribution is -2.27. The Morgan fingerprint density at radius 2 is 2.15 bits per heavy atom. The van der Waals surface area contributed by atoms with Crippen LogP contribution in [0.2, 0.25) is 0 Å². The van der Waals surface area contributed by atoms with Gasteiger partial charge in [0.15, 0.2) is 0 Å². The van der Waals surface area contributed by atoms with Crippen LogP contribution in [0.5, 0.6) is 0 Å². The molecule has 0 aromatic carbocycles. The zero-order valence-corrected chi connectivity index (χ0v) is 8.38. The maximum Gasteiger partial charge on any atom is 0.0945 e. The molecule has 4 heteroatoms. The highest BCUT2D eigenvalue weighted by molar-refractivity contribution is 4.96. The SMILES string of the molecule is CCNCCNCc1cncn1C. The average Bonchev–Trinajstić information content (AvgIpc) is 2.52. The van der Waals surface area contributed by atoms with Crippen molar-refractivity contribution in [2.45, 2.75) is 13.5 Å². The second kappa shape index (κ2) is 5.72. The minimum Gasteiger partial charge on any atom is -0.337 e. The van der Waals surface area contributed by atoms with Crippen LogP contribution in [0.1, 0.15) is 12.6 Å². The highest BCUT2D eigenvalue weighted by Gasteiger charge is 1.95. The smallest absolute Gasteiger partial charge is 0.0945 e. The molecule has 1 rings (SSSR count). The van der Waals surface area contributed by atoms with E-state index in [1.54, 1.807) is 0 Å². The number of aromatic nitrogens is 2. The Balaban J connectivity index is 2.10. The van der Waals surface area contributed by atoms with E-state index in [9.17, 15) is 0 Å². The molecule has 2 N–H and O–H groups in total. The summed E-state index contributed by atoms with van der Waals surface area (Å²) in [7, 11) is 2.01. The Hall–Kier alpha value is -0.870. The van der Waals surface area contributed by atoms with Gasteiger partial charge in [-0.3, -0.25) is 0 Å². The highest BCUT2D eigenvalue weighted by Crippen LogP contribution is 1.93. The van der Waals surface area contributed by atoms with E-state index in [2.05, 4.69) is 22.5 Å². The number of aryl methyl sites for hydroxylation is 1. The van der Waals surface area contributed by atoms with Crippen molar-refractivity contribution in [1.29, 1.82) is 0 Å². The van der Waals surface area contributed by atoms with Crippen LogP contribution in [0.25, 0.3) is 0 Å². The van der Waals surface area contributed by atoms with Crippen LogP contribution in [-0.4, -0.2) is 29.2 Å². The quantitative estimate of drug-likeness (QED) is 0.614. The van der Waals surface area contributed by atoms with E-state index in [1.165, 1.54) is 5.69 Å². The standard InChI is InChI=1S/C9H18N4/c1-3-10-4-5-11-6-9-7-12-8-13(9)2/h7-8,10-11H,3-6H2,1-2H3. The summed E-state index contributed by atoms with van der Waals surface area (Å²) in [5, 5.41) is 6.60. The predicted molar refractivity (Wildman–Crippen MR) is 53.5 cm³/mol. The van der Waals surface area contributed by atoms with Gasteiger partial charge < -0.3 is 15.2 Å². The Bertz CT molecular complexity index is 231. The first-order valence-electron chi connectivity index (χ1n) is 4.71. The lowest BCUT2D eigenvalue weighted by atomic mass is 10.4. The summed E-state index contributed by atoms with van der Waals surface area (Å²) in [4.78, 5) is 4.04. The second-order valence-electron chi connectivity index (χ2n) is 3.03. The molecule has 0 fully saturated rings. The molecule has 0 spiro atoms. The van der Waals surface area contributed by atoms with E-state index in [1.807, 2.05) is 24.1 Å². The Labute approximate surface area is 79.4 Å². The van der Waals surface area contributed by atoms with E-state index in [0.29, 0.717) is 0 Å². The third-order valence-corrected chi connectivity index (χ3v) is 1.95. The van der Waals surface area contributed by atoms with Gasteiger partial charge in [-0.25, -0.2) is 4.98 Å². The van der Waals surface area contributed by atoms with Crippen molar-refractivity contribution in [3.8, 4) is 0 Å². The molecule has 0 saturated carbocycles. The molecule has 0 aliphatic carbocycles. The van der Waals surface area contributed by atoms with Gasteiger partial charge in [0, 0.05) is 32.9 Å². The first-order valence-corrected chi connectivity index (χ1v) is 4.71. The summed E-state index contributed by atoms with van der Waals surface area (Å²) in [6, 6.07) is 0. The van der Waals surface area contributed by atoms with Crippen molar-refractivity contribution in [2.75, 3.05) is 19.6 Å². The van der Waals surface area contributed by atoms with Gasteiger partial charge in [0.1, 0.15) is 0 Å². The van der Waals surface area contributed by atoms with Crippen molar-refractivity contribution in [1.82, 2.24) is 20.2 Å². The van der Waals surface area contributed by atoms with Gasteiger partial charge in [0.05, 0.1) is 12.0 Å². The summed E-state index contributed by atoms with van der Waals surface area (Å²) in [5.74, 6) is 0. The topological polar surface area (TPSA) is 41.9 Å². The molecule has 0 amide bonds. The summed E-state index contributed by atoms with van der Waals surface area (Å²) >= 11 is 0. The van der Waals surface area contributed by atoms with Gasteiger partial charge in [-0.1, -0.05) is 6.92 Å². The number of hydrogen-bond donors (Lipinski definition) is 2. The minimum absolute atomic E-state index is 0.891. The number of likely N-dealkylation sites (N-methyl/N-ethyl adjacent to an activating group) is 1. The van der Waals surface area contributed by atoms with Gasteiger partial charge >= 0.3 is 0 Å². The number of hydrogen-bond acceptors (Lipinski definition) is 3. The lowest BCUT2D eigenvalue weighted by molar-refractivity contribution is 0.608.